The van der Waals surface area contributed by atoms with Gasteiger partial charge in [-0.2, -0.15) is 0 Å². The van der Waals surface area contributed by atoms with Crippen molar-refractivity contribution in [3.05, 3.63) is 28.3 Å². The van der Waals surface area contributed by atoms with E-state index < -0.39 is 4.92 Å². The van der Waals surface area contributed by atoms with E-state index in [1.165, 1.54) is 6.07 Å². The number of nitrogens with two attached hydrogens (primary N) is 1. The van der Waals surface area contributed by atoms with Gasteiger partial charge in [0.1, 0.15) is 5.75 Å². The molecule has 0 aliphatic carbocycles. The van der Waals surface area contributed by atoms with Crippen molar-refractivity contribution in [3.8, 4) is 5.75 Å². The van der Waals surface area contributed by atoms with Crippen molar-refractivity contribution >= 4 is 11.4 Å². The zero-order chi connectivity index (χ0) is 10.6. The molecule has 0 aliphatic rings. The quantitative estimate of drug-likeness (QED) is 0.453. The Hall–Kier alpha value is -1.78. The van der Waals surface area contributed by atoms with Gasteiger partial charge in [0.15, 0.2) is 5.69 Å². The van der Waals surface area contributed by atoms with Crippen molar-refractivity contribution in [1.29, 1.82) is 0 Å². The highest BCUT2D eigenvalue weighted by Crippen LogP contribution is 2.30. The van der Waals surface area contributed by atoms with Crippen LogP contribution in [0.5, 0.6) is 5.75 Å². The standard InChI is InChI=1S/C9H12N2O3/c1-2-6-14-8-5-3-4-7(9(8)10)11(12)13/h3-5H,2,6,10H2,1H3. The first-order chi connectivity index (χ1) is 6.66. The van der Waals surface area contributed by atoms with Crippen LogP contribution in [0, 0.1) is 10.1 Å². The lowest BCUT2D eigenvalue weighted by atomic mass is 10.2. The van der Waals surface area contributed by atoms with Crippen LogP contribution < -0.4 is 10.5 Å². The summed E-state index contributed by atoms with van der Waals surface area (Å²) in [5, 5.41) is 10.5. The van der Waals surface area contributed by atoms with Crippen LogP contribution in [0.3, 0.4) is 0 Å². The number of hydrogen-bond acceptors (Lipinski definition) is 4. The Bertz CT molecular complexity index is 339. The second-order valence-corrected chi connectivity index (χ2v) is 2.79. The molecular formula is C9H12N2O3. The van der Waals surface area contributed by atoms with Gasteiger partial charge >= 0.3 is 0 Å². The molecule has 0 aliphatic heterocycles. The molecule has 5 heteroatoms. The molecule has 1 aromatic rings. The number of ether oxygens (including phenoxy) is 1. The summed E-state index contributed by atoms with van der Waals surface area (Å²) in [6, 6.07) is 4.53. The zero-order valence-corrected chi connectivity index (χ0v) is 7.90. The maximum atomic E-state index is 10.5. The molecule has 76 valence electrons. The summed E-state index contributed by atoms with van der Waals surface area (Å²) >= 11 is 0. The predicted molar refractivity (Wildman–Crippen MR) is 53.3 cm³/mol. The molecular weight excluding hydrogens is 184 g/mol. The lowest BCUT2D eigenvalue weighted by molar-refractivity contribution is -0.384. The van der Waals surface area contributed by atoms with Gasteiger partial charge in [0.25, 0.3) is 5.69 Å². The monoisotopic (exact) mass is 196 g/mol. The molecule has 0 fully saturated rings. The molecule has 2 N–H and O–H groups in total. The van der Waals surface area contributed by atoms with E-state index in [9.17, 15) is 10.1 Å². The lowest BCUT2D eigenvalue weighted by Crippen LogP contribution is -2.01. The summed E-state index contributed by atoms with van der Waals surface area (Å²) < 4.78 is 5.25. The smallest absolute Gasteiger partial charge is 0.295 e. The van der Waals surface area contributed by atoms with Gasteiger partial charge in [-0.25, -0.2) is 0 Å². The number of nitrogen functional groups attached to an aromatic ring is 1. The van der Waals surface area contributed by atoms with Gasteiger partial charge in [-0.1, -0.05) is 13.0 Å². The van der Waals surface area contributed by atoms with E-state index in [1.807, 2.05) is 6.92 Å². The van der Waals surface area contributed by atoms with Crippen molar-refractivity contribution < 1.29 is 9.66 Å². The largest absolute Gasteiger partial charge is 0.491 e. The van der Waals surface area contributed by atoms with Crippen molar-refractivity contribution in [2.75, 3.05) is 12.3 Å². The second-order valence-electron chi connectivity index (χ2n) is 2.79. The van der Waals surface area contributed by atoms with E-state index in [2.05, 4.69) is 0 Å². The Kier molecular flexibility index (Phi) is 3.28. The summed E-state index contributed by atoms with van der Waals surface area (Å²) in [7, 11) is 0. The molecule has 0 unspecified atom stereocenters. The van der Waals surface area contributed by atoms with Gasteiger partial charge in [-0.05, 0) is 12.5 Å². The van der Waals surface area contributed by atoms with Gasteiger partial charge < -0.3 is 10.5 Å². The molecule has 1 rings (SSSR count). The number of para-hydroxylation sites is 1. The normalized spacial score (nSPS) is 9.79. The summed E-state index contributed by atoms with van der Waals surface area (Å²) in [4.78, 5) is 10.00. The highest BCUT2D eigenvalue weighted by atomic mass is 16.6. The molecule has 0 spiro atoms. The summed E-state index contributed by atoms with van der Waals surface area (Å²) in [6.07, 6.45) is 0.835. The number of rotatable bonds is 4. The minimum atomic E-state index is -0.520. The minimum Gasteiger partial charge on any atom is -0.491 e. The van der Waals surface area contributed by atoms with E-state index in [1.54, 1.807) is 12.1 Å². The molecule has 0 heterocycles. The van der Waals surface area contributed by atoms with Crippen molar-refractivity contribution in [3.63, 3.8) is 0 Å². The number of nitrogens with zero attached hydrogens (tertiary/aromatic N) is 1. The number of nitro benzene ring substituents is 1. The average molecular weight is 196 g/mol. The van der Waals surface area contributed by atoms with Crippen molar-refractivity contribution in [2.45, 2.75) is 13.3 Å². The predicted octanol–water partition coefficient (Wildman–Crippen LogP) is 1.97. The van der Waals surface area contributed by atoms with E-state index >= 15 is 0 Å². The number of nitro groups is 1. The van der Waals surface area contributed by atoms with Crippen LogP contribution in [0.25, 0.3) is 0 Å². The first kappa shape index (κ1) is 10.3. The molecule has 14 heavy (non-hydrogen) atoms. The van der Waals surface area contributed by atoms with Crippen LogP contribution >= 0.6 is 0 Å². The van der Waals surface area contributed by atoms with Crippen LogP contribution in [0.15, 0.2) is 18.2 Å². The lowest BCUT2D eigenvalue weighted by Gasteiger charge is -2.06. The van der Waals surface area contributed by atoms with Gasteiger partial charge in [0.2, 0.25) is 0 Å². The molecule has 0 radical (unpaired) electrons. The molecule has 0 bridgehead atoms. The third-order valence-electron chi connectivity index (χ3n) is 1.70. The minimum absolute atomic E-state index is 0.0888. The average Bonchev–Trinajstić information content (AvgIpc) is 2.16. The van der Waals surface area contributed by atoms with E-state index in [-0.39, 0.29) is 11.4 Å². The van der Waals surface area contributed by atoms with Gasteiger partial charge in [0.05, 0.1) is 11.5 Å². The van der Waals surface area contributed by atoms with Crippen LogP contribution in [0.2, 0.25) is 0 Å². The third-order valence-corrected chi connectivity index (χ3v) is 1.70. The van der Waals surface area contributed by atoms with Crippen LogP contribution in [0.4, 0.5) is 11.4 Å². The maximum Gasteiger partial charge on any atom is 0.295 e. The highest BCUT2D eigenvalue weighted by Gasteiger charge is 2.14. The molecule has 0 atom stereocenters. The molecule has 5 nitrogen and oxygen atoms in total. The molecule has 1 aromatic carbocycles. The fourth-order valence-electron chi connectivity index (χ4n) is 1.03. The van der Waals surface area contributed by atoms with Crippen molar-refractivity contribution in [2.24, 2.45) is 0 Å². The summed E-state index contributed by atoms with van der Waals surface area (Å²) in [5.41, 5.74) is 5.53. The maximum absolute atomic E-state index is 10.5. The Labute approximate surface area is 81.6 Å². The Morgan fingerprint density at radius 1 is 1.57 bits per heavy atom. The van der Waals surface area contributed by atoms with Crippen molar-refractivity contribution in [1.82, 2.24) is 0 Å². The SMILES string of the molecule is CCCOc1cccc([N+](=O)[O-])c1N. The van der Waals surface area contributed by atoms with Crippen LogP contribution in [-0.2, 0) is 0 Å². The highest BCUT2D eigenvalue weighted by molar-refractivity contribution is 5.66. The fraction of sp³-hybridized carbons (Fsp3) is 0.333. The first-order valence-corrected chi connectivity index (χ1v) is 4.32. The molecule has 0 saturated carbocycles. The Morgan fingerprint density at radius 3 is 2.86 bits per heavy atom. The Balaban J connectivity index is 2.95. The van der Waals surface area contributed by atoms with Gasteiger partial charge in [-0.15, -0.1) is 0 Å². The first-order valence-electron chi connectivity index (χ1n) is 4.32. The summed E-state index contributed by atoms with van der Waals surface area (Å²) in [6.45, 7) is 2.46. The number of anilines is 1. The third kappa shape index (κ3) is 2.12. The Morgan fingerprint density at radius 2 is 2.29 bits per heavy atom. The topological polar surface area (TPSA) is 78.4 Å². The number of hydrogen-bond donors (Lipinski definition) is 1. The molecule has 0 saturated heterocycles. The molecule has 0 amide bonds. The fourth-order valence-corrected chi connectivity index (χ4v) is 1.03. The van der Waals surface area contributed by atoms with Gasteiger partial charge in [0, 0.05) is 6.07 Å². The van der Waals surface area contributed by atoms with Gasteiger partial charge in [-0.3, -0.25) is 10.1 Å². The second kappa shape index (κ2) is 4.45. The summed E-state index contributed by atoms with van der Waals surface area (Å²) in [5.74, 6) is 0.376. The number of benzene rings is 1. The van der Waals surface area contributed by atoms with E-state index in [0.717, 1.165) is 6.42 Å². The van der Waals surface area contributed by atoms with E-state index in [0.29, 0.717) is 12.4 Å². The van der Waals surface area contributed by atoms with Crippen LogP contribution in [0.1, 0.15) is 13.3 Å². The zero-order valence-electron chi connectivity index (χ0n) is 7.90. The molecule has 0 aromatic heterocycles. The van der Waals surface area contributed by atoms with Crippen LogP contribution in [-0.4, -0.2) is 11.5 Å². The van der Waals surface area contributed by atoms with E-state index in [4.69, 9.17) is 10.5 Å².